The Bertz CT molecular complexity index is 389. The summed E-state index contributed by atoms with van der Waals surface area (Å²) in [6.45, 7) is 1.90. The topological polar surface area (TPSA) is 21.3 Å². The molecule has 0 aliphatic carbocycles. The Morgan fingerprint density at radius 1 is 1.29 bits per heavy atom. The van der Waals surface area contributed by atoms with Crippen molar-refractivity contribution in [1.29, 1.82) is 0 Å². The fourth-order valence-electron chi connectivity index (χ4n) is 2.33. The van der Waals surface area contributed by atoms with Crippen LogP contribution in [0.4, 0.5) is 8.78 Å². The zero-order valence-corrected chi connectivity index (χ0v) is 9.93. The largest absolute Gasteiger partial charge is 0.496 e. The molecule has 17 heavy (non-hydrogen) atoms. The molecule has 2 nitrogen and oxygen atoms in total. The van der Waals surface area contributed by atoms with Crippen molar-refractivity contribution in [3.8, 4) is 5.75 Å². The Balaban J connectivity index is 2.20. The third kappa shape index (κ3) is 2.75. The molecule has 1 N–H and O–H groups in total. The first-order valence-electron chi connectivity index (χ1n) is 5.94. The molecule has 1 saturated heterocycles. The molecule has 1 aromatic carbocycles. The molecule has 0 atom stereocenters. The predicted octanol–water partition coefficient (Wildman–Crippen LogP) is 2.52. The van der Waals surface area contributed by atoms with Crippen LogP contribution < -0.4 is 10.1 Å². The smallest absolute Gasteiger partial charge is 0.165 e. The Hall–Kier alpha value is -1.16. The van der Waals surface area contributed by atoms with Gasteiger partial charge < -0.3 is 10.1 Å². The second-order valence-electron chi connectivity index (χ2n) is 4.44. The van der Waals surface area contributed by atoms with Crippen LogP contribution in [0.25, 0.3) is 0 Å². The van der Waals surface area contributed by atoms with Gasteiger partial charge in [0, 0.05) is 5.56 Å². The number of nitrogens with one attached hydrogen (secondary N) is 1. The second kappa shape index (κ2) is 5.45. The first-order chi connectivity index (χ1) is 8.22. The van der Waals surface area contributed by atoms with Gasteiger partial charge in [-0.3, -0.25) is 0 Å². The van der Waals surface area contributed by atoms with E-state index in [1.807, 2.05) is 0 Å². The minimum absolute atomic E-state index is 0.374. The lowest BCUT2D eigenvalue weighted by atomic mass is 9.90. The molecule has 0 bridgehead atoms. The molecule has 1 heterocycles. The Morgan fingerprint density at radius 2 is 2.00 bits per heavy atom. The van der Waals surface area contributed by atoms with Crippen molar-refractivity contribution in [1.82, 2.24) is 5.32 Å². The second-order valence-corrected chi connectivity index (χ2v) is 4.44. The van der Waals surface area contributed by atoms with Gasteiger partial charge in [-0.2, -0.15) is 0 Å². The first kappa shape index (κ1) is 12.3. The third-order valence-corrected chi connectivity index (χ3v) is 3.32. The summed E-state index contributed by atoms with van der Waals surface area (Å²) in [5, 5.41) is 3.26. The number of methoxy groups -OCH3 is 1. The molecule has 2 rings (SSSR count). The van der Waals surface area contributed by atoms with Crippen molar-refractivity contribution in [2.75, 3.05) is 20.2 Å². The van der Waals surface area contributed by atoms with Gasteiger partial charge in [0.15, 0.2) is 11.6 Å². The first-order valence-corrected chi connectivity index (χ1v) is 5.94. The third-order valence-electron chi connectivity index (χ3n) is 3.32. The lowest BCUT2D eigenvalue weighted by Crippen LogP contribution is -2.29. The number of rotatable bonds is 3. The molecular formula is C13H17F2NO. The van der Waals surface area contributed by atoms with Gasteiger partial charge in [-0.25, -0.2) is 8.78 Å². The van der Waals surface area contributed by atoms with Crippen LogP contribution >= 0.6 is 0 Å². The van der Waals surface area contributed by atoms with Crippen LogP contribution in [0.3, 0.4) is 0 Å². The summed E-state index contributed by atoms with van der Waals surface area (Å²) < 4.78 is 32.0. The van der Waals surface area contributed by atoms with Crippen LogP contribution in [-0.2, 0) is 6.42 Å². The molecular weight excluding hydrogens is 224 g/mol. The van der Waals surface area contributed by atoms with Gasteiger partial charge in [0.25, 0.3) is 0 Å². The standard InChI is InChI=1S/C13H17F2NO/c1-17-12-3-2-11(14)13(15)10(12)8-9-4-6-16-7-5-9/h2-3,9,16H,4-8H2,1H3. The van der Waals surface area contributed by atoms with Gasteiger partial charge in [-0.05, 0) is 50.4 Å². The van der Waals surface area contributed by atoms with E-state index in [1.54, 1.807) is 0 Å². The molecule has 4 heteroatoms. The van der Waals surface area contributed by atoms with E-state index in [2.05, 4.69) is 5.32 Å². The van der Waals surface area contributed by atoms with Gasteiger partial charge in [-0.15, -0.1) is 0 Å². The summed E-state index contributed by atoms with van der Waals surface area (Å²) in [4.78, 5) is 0. The molecule has 1 aliphatic rings. The maximum atomic E-state index is 13.7. The highest BCUT2D eigenvalue weighted by molar-refractivity contribution is 5.35. The monoisotopic (exact) mass is 241 g/mol. The Labute approximate surface area is 100.0 Å². The predicted molar refractivity (Wildman–Crippen MR) is 62.2 cm³/mol. The number of halogens is 2. The fourth-order valence-corrected chi connectivity index (χ4v) is 2.33. The number of benzene rings is 1. The van der Waals surface area contributed by atoms with Crippen molar-refractivity contribution in [2.24, 2.45) is 5.92 Å². The van der Waals surface area contributed by atoms with E-state index < -0.39 is 11.6 Å². The van der Waals surface area contributed by atoms with Gasteiger partial charge >= 0.3 is 0 Å². The molecule has 94 valence electrons. The summed E-state index contributed by atoms with van der Waals surface area (Å²) in [5.41, 5.74) is 0.374. The summed E-state index contributed by atoms with van der Waals surface area (Å²) in [7, 11) is 1.48. The summed E-state index contributed by atoms with van der Waals surface area (Å²) in [6.07, 6.45) is 2.55. The van der Waals surface area contributed by atoms with Gasteiger partial charge in [0.1, 0.15) is 5.75 Å². The molecule has 1 fully saturated rings. The van der Waals surface area contributed by atoms with Crippen LogP contribution in [0.1, 0.15) is 18.4 Å². The van der Waals surface area contributed by atoms with Gasteiger partial charge in [-0.1, -0.05) is 0 Å². The van der Waals surface area contributed by atoms with E-state index in [4.69, 9.17) is 4.74 Å². The van der Waals surface area contributed by atoms with Crippen LogP contribution in [-0.4, -0.2) is 20.2 Å². The average molecular weight is 241 g/mol. The average Bonchev–Trinajstić information content (AvgIpc) is 2.37. The Kier molecular flexibility index (Phi) is 3.94. The molecule has 0 spiro atoms. The van der Waals surface area contributed by atoms with Crippen LogP contribution in [0, 0.1) is 17.6 Å². The van der Waals surface area contributed by atoms with Crippen LogP contribution in [0.5, 0.6) is 5.75 Å². The fraction of sp³-hybridized carbons (Fsp3) is 0.538. The number of piperidine rings is 1. The highest BCUT2D eigenvalue weighted by atomic mass is 19.2. The minimum atomic E-state index is -0.797. The van der Waals surface area contributed by atoms with Crippen molar-refractivity contribution in [2.45, 2.75) is 19.3 Å². The molecule has 0 radical (unpaired) electrons. The van der Waals surface area contributed by atoms with Gasteiger partial charge in [0.05, 0.1) is 7.11 Å². The summed E-state index contributed by atoms with van der Waals surface area (Å²) in [6, 6.07) is 2.61. The SMILES string of the molecule is COc1ccc(F)c(F)c1CC1CCNCC1. The van der Waals surface area contributed by atoms with Crippen molar-refractivity contribution in [3.63, 3.8) is 0 Å². The van der Waals surface area contributed by atoms with Gasteiger partial charge in [0.2, 0.25) is 0 Å². The van der Waals surface area contributed by atoms with E-state index in [1.165, 1.54) is 13.2 Å². The summed E-state index contributed by atoms with van der Waals surface area (Å²) >= 11 is 0. The molecule has 0 unspecified atom stereocenters. The number of hydrogen-bond donors (Lipinski definition) is 1. The van der Waals surface area contributed by atoms with Crippen molar-refractivity contribution >= 4 is 0 Å². The maximum absolute atomic E-state index is 13.7. The lowest BCUT2D eigenvalue weighted by Gasteiger charge is -2.23. The molecule has 1 aliphatic heterocycles. The van der Waals surface area contributed by atoms with E-state index in [9.17, 15) is 8.78 Å². The molecule has 1 aromatic rings. The maximum Gasteiger partial charge on any atom is 0.165 e. The zero-order valence-electron chi connectivity index (χ0n) is 9.93. The zero-order chi connectivity index (χ0) is 12.3. The molecule has 0 aromatic heterocycles. The van der Waals surface area contributed by atoms with Crippen molar-refractivity contribution in [3.05, 3.63) is 29.3 Å². The quantitative estimate of drug-likeness (QED) is 0.878. The molecule has 0 saturated carbocycles. The molecule has 0 amide bonds. The van der Waals surface area contributed by atoms with E-state index >= 15 is 0 Å². The lowest BCUT2D eigenvalue weighted by molar-refractivity contribution is 0.351. The number of hydrogen-bond acceptors (Lipinski definition) is 2. The normalized spacial score (nSPS) is 17.1. The Morgan fingerprint density at radius 3 is 2.65 bits per heavy atom. The van der Waals surface area contributed by atoms with Crippen molar-refractivity contribution < 1.29 is 13.5 Å². The van der Waals surface area contributed by atoms with Crippen LogP contribution in [0.2, 0.25) is 0 Å². The highest BCUT2D eigenvalue weighted by Gasteiger charge is 2.20. The summed E-state index contributed by atoms with van der Waals surface area (Å²) in [5.74, 6) is -0.707. The number of ether oxygens (including phenoxy) is 1. The highest BCUT2D eigenvalue weighted by Crippen LogP contribution is 2.28. The van der Waals surface area contributed by atoms with E-state index in [-0.39, 0.29) is 0 Å². The minimum Gasteiger partial charge on any atom is -0.496 e. The van der Waals surface area contributed by atoms with E-state index in [0.717, 1.165) is 32.0 Å². The van der Waals surface area contributed by atoms with E-state index in [0.29, 0.717) is 23.7 Å². The van der Waals surface area contributed by atoms with Crippen LogP contribution in [0.15, 0.2) is 12.1 Å².